The molecule has 0 bridgehead atoms. The molecule has 0 aromatic heterocycles. The van der Waals surface area contributed by atoms with Crippen molar-refractivity contribution in [1.29, 1.82) is 0 Å². The average Bonchev–Trinajstić information content (AvgIpc) is 2.17. The van der Waals surface area contributed by atoms with Gasteiger partial charge in [-0.1, -0.05) is 24.3 Å². The topological polar surface area (TPSA) is 26.3 Å². The number of carbonyl (C=O) groups excluding carboxylic acids is 1. The minimum atomic E-state index is -0.0886. The van der Waals surface area contributed by atoms with E-state index in [4.69, 9.17) is 4.74 Å². The zero-order chi connectivity index (χ0) is 10.6. The van der Waals surface area contributed by atoms with Crippen LogP contribution in [0.15, 0.2) is 24.3 Å². The fraction of sp³-hybridized carbons (Fsp3) is 0.583. The highest BCUT2D eigenvalue weighted by Gasteiger charge is 1.98. The fourth-order valence-corrected chi connectivity index (χ4v) is 1.03. The third-order valence-corrected chi connectivity index (χ3v) is 1.73. The van der Waals surface area contributed by atoms with Crippen LogP contribution in [0.1, 0.15) is 39.5 Å². The van der Waals surface area contributed by atoms with E-state index in [-0.39, 0.29) is 5.97 Å². The normalized spacial score (nSPS) is 11.3. The second-order valence-electron chi connectivity index (χ2n) is 2.97. The van der Waals surface area contributed by atoms with Crippen LogP contribution < -0.4 is 0 Å². The molecule has 2 nitrogen and oxygen atoms in total. The maximum absolute atomic E-state index is 10.9. The van der Waals surface area contributed by atoms with Gasteiger partial charge in [-0.15, -0.1) is 0 Å². The van der Waals surface area contributed by atoms with Crippen molar-refractivity contribution >= 4 is 5.97 Å². The molecule has 0 unspecified atom stereocenters. The Morgan fingerprint density at radius 1 is 1.29 bits per heavy atom. The number of rotatable bonds is 7. The molecular weight excluding hydrogens is 176 g/mol. The highest BCUT2D eigenvalue weighted by Crippen LogP contribution is 1.99. The summed E-state index contributed by atoms with van der Waals surface area (Å²) in [7, 11) is 0. The van der Waals surface area contributed by atoms with E-state index in [2.05, 4.69) is 18.2 Å². The second kappa shape index (κ2) is 10.0. The molecule has 0 saturated heterocycles. The van der Waals surface area contributed by atoms with Crippen molar-refractivity contribution in [2.75, 3.05) is 6.61 Å². The largest absolute Gasteiger partial charge is 0.466 e. The zero-order valence-electron chi connectivity index (χ0n) is 9.16. The van der Waals surface area contributed by atoms with Crippen LogP contribution in [-0.4, -0.2) is 12.6 Å². The molecule has 0 radical (unpaired) electrons. The molecule has 0 saturated carbocycles. The number of hydrogen-bond donors (Lipinski definition) is 0. The van der Waals surface area contributed by atoms with Gasteiger partial charge in [-0.05, 0) is 33.1 Å². The van der Waals surface area contributed by atoms with Crippen LogP contribution in [0.25, 0.3) is 0 Å². The molecule has 0 N–H and O–H groups in total. The summed E-state index contributed by atoms with van der Waals surface area (Å²) < 4.78 is 4.81. The van der Waals surface area contributed by atoms with E-state index in [0.29, 0.717) is 13.0 Å². The van der Waals surface area contributed by atoms with Gasteiger partial charge in [-0.25, -0.2) is 0 Å². The molecule has 80 valence electrons. The highest BCUT2D eigenvalue weighted by atomic mass is 16.5. The van der Waals surface area contributed by atoms with Gasteiger partial charge < -0.3 is 4.74 Å². The standard InChI is InChI=1S/C12H20O2/c1-3-5-6-7-8-9-10-11-12(13)14-4-2/h3,5,7-8H,4,6,9-11H2,1-2H3. The van der Waals surface area contributed by atoms with Gasteiger partial charge in [0.05, 0.1) is 6.61 Å². The molecule has 0 aliphatic carbocycles. The Hall–Kier alpha value is -1.05. The quantitative estimate of drug-likeness (QED) is 0.355. The van der Waals surface area contributed by atoms with E-state index in [0.717, 1.165) is 19.3 Å². The van der Waals surface area contributed by atoms with Crippen molar-refractivity contribution in [3.63, 3.8) is 0 Å². The van der Waals surface area contributed by atoms with Crippen LogP contribution in [0, 0.1) is 0 Å². The first-order valence-corrected chi connectivity index (χ1v) is 5.23. The number of carbonyl (C=O) groups is 1. The summed E-state index contributed by atoms with van der Waals surface area (Å²) in [6.07, 6.45) is 11.7. The molecule has 2 heteroatoms. The Morgan fingerprint density at radius 3 is 2.71 bits per heavy atom. The summed E-state index contributed by atoms with van der Waals surface area (Å²) in [4.78, 5) is 10.9. The van der Waals surface area contributed by atoms with Crippen molar-refractivity contribution in [2.24, 2.45) is 0 Å². The molecule has 0 rings (SSSR count). The van der Waals surface area contributed by atoms with Crippen LogP contribution in [0.3, 0.4) is 0 Å². The third-order valence-electron chi connectivity index (χ3n) is 1.73. The minimum absolute atomic E-state index is 0.0886. The summed E-state index contributed by atoms with van der Waals surface area (Å²) in [5.74, 6) is -0.0886. The van der Waals surface area contributed by atoms with Gasteiger partial charge >= 0.3 is 5.97 Å². The van der Waals surface area contributed by atoms with Crippen LogP contribution >= 0.6 is 0 Å². The number of ether oxygens (including phenoxy) is 1. The number of allylic oxidation sites excluding steroid dienone is 4. The lowest BCUT2D eigenvalue weighted by Gasteiger charge is -1.98. The Balaban J connectivity index is 3.28. The van der Waals surface area contributed by atoms with Gasteiger partial charge in [0.25, 0.3) is 0 Å². The molecule has 0 aliphatic heterocycles. The van der Waals surface area contributed by atoms with Crippen LogP contribution in [-0.2, 0) is 9.53 Å². The Kier molecular flexibility index (Phi) is 9.28. The van der Waals surface area contributed by atoms with Crippen molar-refractivity contribution < 1.29 is 9.53 Å². The van der Waals surface area contributed by atoms with E-state index < -0.39 is 0 Å². The van der Waals surface area contributed by atoms with Gasteiger partial charge in [0.1, 0.15) is 0 Å². The minimum Gasteiger partial charge on any atom is -0.466 e. The van der Waals surface area contributed by atoms with Gasteiger partial charge in [0.15, 0.2) is 0 Å². The highest BCUT2D eigenvalue weighted by molar-refractivity contribution is 5.69. The van der Waals surface area contributed by atoms with Crippen molar-refractivity contribution in [2.45, 2.75) is 39.5 Å². The van der Waals surface area contributed by atoms with E-state index in [9.17, 15) is 4.79 Å². The lowest BCUT2D eigenvalue weighted by atomic mass is 10.2. The number of hydrogen-bond acceptors (Lipinski definition) is 2. The number of unbranched alkanes of at least 4 members (excludes halogenated alkanes) is 1. The average molecular weight is 196 g/mol. The first kappa shape index (κ1) is 12.9. The van der Waals surface area contributed by atoms with Crippen molar-refractivity contribution in [3.05, 3.63) is 24.3 Å². The number of esters is 1. The summed E-state index contributed by atoms with van der Waals surface area (Å²) in [5.41, 5.74) is 0. The lowest BCUT2D eigenvalue weighted by molar-refractivity contribution is -0.143. The Morgan fingerprint density at radius 2 is 2.07 bits per heavy atom. The van der Waals surface area contributed by atoms with Gasteiger partial charge in [0, 0.05) is 6.42 Å². The first-order chi connectivity index (χ1) is 6.81. The molecule has 14 heavy (non-hydrogen) atoms. The van der Waals surface area contributed by atoms with Crippen LogP contribution in [0.4, 0.5) is 0 Å². The van der Waals surface area contributed by atoms with E-state index in [1.54, 1.807) is 0 Å². The summed E-state index contributed by atoms with van der Waals surface area (Å²) in [5, 5.41) is 0. The molecule has 0 amide bonds. The molecule has 0 atom stereocenters. The van der Waals surface area contributed by atoms with Gasteiger partial charge in [-0.3, -0.25) is 4.79 Å². The van der Waals surface area contributed by atoms with Crippen molar-refractivity contribution in [1.82, 2.24) is 0 Å². The zero-order valence-corrected chi connectivity index (χ0v) is 9.16. The smallest absolute Gasteiger partial charge is 0.305 e. The predicted molar refractivity (Wildman–Crippen MR) is 59.1 cm³/mol. The Labute approximate surface area is 86.6 Å². The molecule has 0 aromatic carbocycles. The molecule has 0 aromatic rings. The van der Waals surface area contributed by atoms with Gasteiger partial charge in [0.2, 0.25) is 0 Å². The third kappa shape index (κ3) is 9.04. The molecule has 0 fully saturated rings. The Bertz CT molecular complexity index is 192. The van der Waals surface area contributed by atoms with E-state index in [1.807, 2.05) is 19.9 Å². The monoisotopic (exact) mass is 196 g/mol. The van der Waals surface area contributed by atoms with Gasteiger partial charge in [-0.2, -0.15) is 0 Å². The molecule has 0 aliphatic rings. The second-order valence-corrected chi connectivity index (χ2v) is 2.97. The molecular formula is C12H20O2. The van der Waals surface area contributed by atoms with E-state index >= 15 is 0 Å². The SMILES string of the molecule is CC=CCC=CCCCC(=O)OCC. The van der Waals surface area contributed by atoms with E-state index in [1.165, 1.54) is 0 Å². The summed E-state index contributed by atoms with van der Waals surface area (Å²) in [6, 6.07) is 0. The lowest BCUT2D eigenvalue weighted by Crippen LogP contribution is -2.02. The summed E-state index contributed by atoms with van der Waals surface area (Å²) >= 11 is 0. The van der Waals surface area contributed by atoms with Crippen molar-refractivity contribution in [3.8, 4) is 0 Å². The maximum Gasteiger partial charge on any atom is 0.305 e. The maximum atomic E-state index is 10.9. The molecule has 0 heterocycles. The predicted octanol–water partition coefficient (Wildman–Crippen LogP) is 3.24. The van der Waals surface area contributed by atoms with Crippen LogP contribution in [0.5, 0.6) is 0 Å². The van der Waals surface area contributed by atoms with Crippen LogP contribution in [0.2, 0.25) is 0 Å². The first-order valence-electron chi connectivity index (χ1n) is 5.23. The summed E-state index contributed by atoms with van der Waals surface area (Å²) in [6.45, 7) is 4.32. The molecule has 0 spiro atoms. The fourth-order valence-electron chi connectivity index (χ4n) is 1.03.